The topological polar surface area (TPSA) is 85.0 Å². The summed E-state index contributed by atoms with van der Waals surface area (Å²) in [7, 11) is 0. The van der Waals surface area contributed by atoms with Crippen LogP contribution in [0.4, 0.5) is 5.95 Å². The van der Waals surface area contributed by atoms with Gasteiger partial charge in [-0.1, -0.05) is 6.92 Å². The standard InChI is InChI=1S/C16H15N5OS/c1-2-14-19-11-4-3-9(5-13(11)23-14)15(22)21-7-10-6-18-16(17)20-12(10)8-21/h3-6H,2,7-8H2,1H3,(H2,17,18,20). The Morgan fingerprint density at radius 1 is 1.35 bits per heavy atom. The molecule has 0 radical (unpaired) electrons. The Labute approximate surface area is 137 Å². The molecule has 0 aliphatic carbocycles. The minimum Gasteiger partial charge on any atom is -0.368 e. The lowest BCUT2D eigenvalue weighted by molar-refractivity contribution is 0.0750. The molecule has 3 heterocycles. The fourth-order valence-electron chi connectivity index (χ4n) is 2.75. The predicted octanol–water partition coefficient (Wildman–Crippen LogP) is 2.39. The lowest BCUT2D eigenvalue weighted by atomic mass is 10.2. The molecule has 0 atom stereocenters. The number of anilines is 1. The van der Waals surface area contributed by atoms with E-state index in [4.69, 9.17) is 5.73 Å². The molecule has 2 aromatic heterocycles. The van der Waals surface area contributed by atoms with Gasteiger partial charge in [0.15, 0.2) is 0 Å². The number of nitrogens with two attached hydrogens (primary N) is 1. The highest BCUT2D eigenvalue weighted by atomic mass is 32.1. The molecular weight excluding hydrogens is 310 g/mol. The number of benzene rings is 1. The van der Waals surface area contributed by atoms with Crippen molar-refractivity contribution in [3.05, 3.63) is 46.2 Å². The van der Waals surface area contributed by atoms with Crippen molar-refractivity contribution in [3.8, 4) is 0 Å². The summed E-state index contributed by atoms with van der Waals surface area (Å²) >= 11 is 1.64. The van der Waals surface area contributed by atoms with Gasteiger partial charge in [-0.15, -0.1) is 11.3 Å². The van der Waals surface area contributed by atoms with E-state index >= 15 is 0 Å². The maximum atomic E-state index is 12.8. The quantitative estimate of drug-likeness (QED) is 0.782. The normalized spacial score (nSPS) is 13.5. The van der Waals surface area contributed by atoms with Gasteiger partial charge in [-0.2, -0.15) is 0 Å². The van der Waals surface area contributed by atoms with Crippen LogP contribution >= 0.6 is 11.3 Å². The highest BCUT2D eigenvalue weighted by Gasteiger charge is 2.26. The number of rotatable bonds is 2. The Kier molecular flexibility index (Phi) is 3.23. The van der Waals surface area contributed by atoms with Gasteiger partial charge >= 0.3 is 0 Å². The van der Waals surface area contributed by atoms with Gasteiger partial charge in [-0.05, 0) is 24.6 Å². The molecule has 23 heavy (non-hydrogen) atoms. The largest absolute Gasteiger partial charge is 0.368 e. The van der Waals surface area contributed by atoms with Gasteiger partial charge in [-0.3, -0.25) is 4.79 Å². The van der Waals surface area contributed by atoms with Crippen LogP contribution in [-0.2, 0) is 19.5 Å². The molecule has 116 valence electrons. The van der Waals surface area contributed by atoms with Crippen LogP contribution in [0.5, 0.6) is 0 Å². The van der Waals surface area contributed by atoms with Crippen molar-refractivity contribution < 1.29 is 4.79 Å². The second-order valence-corrected chi connectivity index (χ2v) is 6.62. The summed E-state index contributed by atoms with van der Waals surface area (Å²) < 4.78 is 1.05. The van der Waals surface area contributed by atoms with Crippen molar-refractivity contribution in [2.45, 2.75) is 26.4 Å². The van der Waals surface area contributed by atoms with Crippen LogP contribution in [0.25, 0.3) is 10.2 Å². The average molecular weight is 325 g/mol. The van der Waals surface area contributed by atoms with E-state index in [0.29, 0.717) is 18.7 Å². The smallest absolute Gasteiger partial charge is 0.254 e. The minimum absolute atomic E-state index is 0.00470. The first-order chi connectivity index (χ1) is 11.1. The molecule has 4 rings (SSSR count). The summed E-state index contributed by atoms with van der Waals surface area (Å²) in [4.78, 5) is 27.3. The van der Waals surface area contributed by atoms with Gasteiger partial charge in [-0.25, -0.2) is 15.0 Å². The number of thiazole rings is 1. The Morgan fingerprint density at radius 3 is 3.04 bits per heavy atom. The Morgan fingerprint density at radius 2 is 2.22 bits per heavy atom. The molecule has 2 N–H and O–H groups in total. The maximum absolute atomic E-state index is 12.8. The molecule has 0 unspecified atom stereocenters. The molecule has 6 nitrogen and oxygen atoms in total. The number of carbonyl (C=O) groups excluding carboxylic acids is 1. The molecule has 1 aromatic carbocycles. The van der Waals surface area contributed by atoms with Gasteiger partial charge in [0.2, 0.25) is 5.95 Å². The maximum Gasteiger partial charge on any atom is 0.254 e. The fourth-order valence-corrected chi connectivity index (χ4v) is 3.70. The molecule has 0 saturated carbocycles. The van der Waals surface area contributed by atoms with Gasteiger partial charge in [0, 0.05) is 23.9 Å². The number of amides is 1. The summed E-state index contributed by atoms with van der Waals surface area (Å²) in [5.41, 5.74) is 9.03. The SMILES string of the molecule is CCc1nc2ccc(C(=O)N3Cc4cnc(N)nc4C3)cc2s1. The lowest BCUT2D eigenvalue weighted by Crippen LogP contribution is -2.25. The number of hydrogen-bond donors (Lipinski definition) is 1. The third kappa shape index (κ3) is 2.43. The summed E-state index contributed by atoms with van der Waals surface area (Å²) in [6.07, 6.45) is 2.61. The van der Waals surface area contributed by atoms with Gasteiger partial charge in [0.25, 0.3) is 5.91 Å². The zero-order valence-electron chi connectivity index (χ0n) is 12.6. The summed E-state index contributed by atoms with van der Waals surface area (Å²) in [6, 6.07) is 5.68. The van der Waals surface area contributed by atoms with Crippen molar-refractivity contribution in [3.63, 3.8) is 0 Å². The average Bonchev–Trinajstić information content (AvgIpc) is 3.16. The third-order valence-corrected chi connectivity index (χ3v) is 5.11. The minimum atomic E-state index is -0.00470. The Hall–Kier alpha value is -2.54. The molecule has 0 saturated heterocycles. The molecule has 0 spiro atoms. The number of aryl methyl sites for hydroxylation is 1. The van der Waals surface area contributed by atoms with Crippen LogP contribution < -0.4 is 5.73 Å². The van der Waals surface area contributed by atoms with E-state index in [1.165, 1.54) is 0 Å². The van der Waals surface area contributed by atoms with Crippen LogP contribution in [0.2, 0.25) is 0 Å². The zero-order valence-corrected chi connectivity index (χ0v) is 13.4. The van der Waals surface area contributed by atoms with E-state index in [1.807, 2.05) is 18.2 Å². The predicted molar refractivity (Wildman–Crippen MR) is 89.0 cm³/mol. The highest BCUT2D eigenvalue weighted by molar-refractivity contribution is 7.18. The first kappa shape index (κ1) is 14.1. The number of carbonyl (C=O) groups is 1. The van der Waals surface area contributed by atoms with Gasteiger partial charge in [0.1, 0.15) is 0 Å². The number of aromatic nitrogens is 3. The molecule has 3 aromatic rings. The fraction of sp³-hybridized carbons (Fsp3) is 0.250. The highest BCUT2D eigenvalue weighted by Crippen LogP contribution is 2.26. The molecule has 0 fully saturated rings. The second kappa shape index (κ2) is 5.27. The van der Waals surface area contributed by atoms with Crippen LogP contribution in [0.15, 0.2) is 24.4 Å². The molecule has 7 heteroatoms. The van der Waals surface area contributed by atoms with Crippen molar-refractivity contribution >= 4 is 33.4 Å². The lowest BCUT2D eigenvalue weighted by Gasteiger charge is -2.14. The van der Waals surface area contributed by atoms with E-state index in [2.05, 4.69) is 21.9 Å². The molecule has 0 bridgehead atoms. The number of hydrogen-bond acceptors (Lipinski definition) is 6. The van der Waals surface area contributed by atoms with Crippen LogP contribution in [0, 0.1) is 0 Å². The summed E-state index contributed by atoms with van der Waals surface area (Å²) in [5.74, 6) is 0.242. The second-order valence-electron chi connectivity index (χ2n) is 5.51. The van der Waals surface area contributed by atoms with Crippen molar-refractivity contribution in [2.24, 2.45) is 0 Å². The van der Waals surface area contributed by atoms with E-state index in [0.717, 1.165) is 32.9 Å². The van der Waals surface area contributed by atoms with Crippen LogP contribution in [0.3, 0.4) is 0 Å². The first-order valence-corrected chi connectivity index (χ1v) is 8.24. The molecule has 1 aliphatic heterocycles. The third-order valence-electron chi connectivity index (χ3n) is 3.94. The number of fused-ring (bicyclic) bond motifs is 2. The van der Waals surface area contributed by atoms with E-state index in [9.17, 15) is 4.79 Å². The van der Waals surface area contributed by atoms with Crippen molar-refractivity contribution in [1.29, 1.82) is 0 Å². The van der Waals surface area contributed by atoms with Crippen LogP contribution in [-0.4, -0.2) is 25.8 Å². The monoisotopic (exact) mass is 325 g/mol. The summed E-state index contributed by atoms with van der Waals surface area (Å²) in [6.45, 7) is 3.08. The van der Waals surface area contributed by atoms with Crippen molar-refractivity contribution in [2.75, 3.05) is 5.73 Å². The summed E-state index contributed by atoms with van der Waals surface area (Å²) in [5, 5.41) is 1.09. The van der Waals surface area contributed by atoms with Gasteiger partial charge < -0.3 is 10.6 Å². The first-order valence-electron chi connectivity index (χ1n) is 7.43. The van der Waals surface area contributed by atoms with Gasteiger partial charge in [0.05, 0.1) is 27.5 Å². The Bertz CT molecular complexity index is 920. The van der Waals surface area contributed by atoms with E-state index in [-0.39, 0.29) is 11.9 Å². The van der Waals surface area contributed by atoms with Crippen molar-refractivity contribution in [1.82, 2.24) is 19.9 Å². The van der Waals surface area contributed by atoms with E-state index in [1.54, 1.807) is 22.4 Å². The number of nitrogens with zero attached hydrogens (tertiary/aromatic N) is 4. The Balaban J connectivity index is 1.62. The van der Waals surface area contributed by atoms with E-state index < -0.39 is 0 Å². The molecule has 1 aliphatic rings. The van der Waals surface area contributed by atoms with Crippen LogP contribution in [0.1, 0.15) is 33.5 Å². The molecular formula is C16H15N5OS. The number of nitrogen functional groups attached to an aromatic ring is 1. The zero-order chi connectivity index (χ0) is 16.0. The molecule has 1 amide bonds.